The molecule has 0 saturated carbocycles. The van der Waals surface area contributed by atoms with Crippen molar-refractivity contribution in [2.24, 2.45) is 5.41 Å². The zero-order valence-corrected chi connectivity index (χ0v) is 16.2. The van der Waals surface area contributed by atoms with Gasteiger partial charge < -0.3 is 19.5 Å². The SMILES string of the molecule is COc1ccc(OC)c(CN2CCC3(CC2)CC(C(=O)O)N(C(C)=O)C3)c1. The van der Waals surface area contributed by atoms with Gasteiger partial charge in [-0.05, 0) is 56.0 Å². The first-order valence-electron chi connectivity index (χ1n) is 9.31. The Hall–Kier alpha value is -2.28. The summed E-state index contributed by atoms with van der Waals surface area (Å²) in [5.74, 6) is 0.593. The molecule has 3 rings (SSSR count). The maximum atomic E-state index is 11.8. The molecule has 2 fully saturated rings. The minimum absolute atomic E-state index is 0.0797. The molecule has 7 nitrogen and oxygen atoms in total. The number of carboxylic acid groups (broad SMARTS) is 1. The molecule has 1 atom stereocenters. The largest absolute Gasteiger partial charge is 0.497 e. The fourth-order valence-electron chi connectivity index (χ4n) is 4.40. The summed E-state index contributed by atoms with van der Waals surface area (Å²) in [6.07, 6.45) is 2.35. The third-order valence-electron chi connectivity index (χ3n) is 6.00. The summed E-state index contributed by atoms with van der Waals surface area (Å²) in [6.45, 7) is 4.51. The van der Waals surface area contributed by atoms with Crippen molar-refractivity contribution < 1.29 is 24.2 Å². The number of piperidine rings is 1. The monoisotopic (exact) mass is 376 g/mol. The van der Waals surface area contributed by atoms with Gasteiger partial charge >= 0.3 is 5.97 Å². The van der Waals surface area contributed by atoms with Gasteiger partial charge in [-0.3, -0.25) is 9.69 Å². The lowest BCUT2D eigenvalue weighted by Crippen LogP contribution is -2.42. The predicted octanol–water partition coefficient (Wildman–Crippen LogP) is 1.99. The van der Waals surface area contributed by atoms with E-state index in [9.17, 15) is 14.7 Å². The third kappa shape index (κ3) is 4.03. The molecule has 2 heterocycles. The van der Waals surface area contributed by atoms with Crippen LogP contribution in [0.25, 0.3) is 0 Å². The summed E-state index contributed by atoms with van der Waals surface area (Å²) in [6, 6.07) is 5.11. The second kappa shape index (κ2) is 7.76. The van der Waals surface area contributed by atoms with Crippen molar-refractivity contribution in [3.05, 3.63) is 23.8 Å². The van der Waals surface area contributed by atoms with Crippen molar-refractivity contribution in [1.82, 2.24) is 9.80 Å². The van der Waals surface area contributed by atoms with E-state index in [0.717, 1.165) is 49.5 Å². The zero-order chi connectivity index (χ0) is 19.6. The lowest BCUT2D eigenvalue weighted by atomic mass is 9.76. The number of carbonyl (C=O) groups excluding carboxylic acids is 1. The Morgan fingerprint density at radius 3 is 2.44 bits per heavy atom. The van der Waals surface area contributed by atoms with Crippen LogP contribution in [0.15, 0.2) is 18.2 Å². The summed E-state index contributed by atoms with van der Waals surface area (Å²) in [5, 5.41) is 9.47. The lowest BCUT2D eigenvalue weighted by molar-refractivity contribution is -0.147. The number of nitrogens with zero attached hydrogens (tertiary/aromatic N) is 2. The number of ether oxygens (including phenoxy) is 2. The summed E-state index contributed by atoms with van der Waals surface area (Å²) in [7, 11) is 3.31. The van der Waals surface area contributed by atoms with Crippen LogP contribution in [0.5, 0.6) is 11.5 Å². The van der Waals surface area contributed by atoms with Gasteiger partial charge in [0.2, 0.25) is 5.91 Å². The van der Waals surface area contributed by atoms with E-state index >= 15 is 0 Å². The Kier molecular flexibility index (Phi) is 5.60. The molecular formula is C20H28N2O5. The van der Waals surface area contributed by atoms with E-state index in [4.69, 9.17) is 9.47 Å². The highest BCUT2D eigenvalue weighted by molar-refractivity contribution is 5.83. The minimum atomic E-state index is -0.898. The Morgan fingerprint density at radius 2 is 1.93 bits per heavy atom. The topological polar surface area (TPSA) is 79.3 Å². The number of benzene rings is 1. The van der Waals surface area contributed by atoms with E-state index in [-0.39, 0.29) is 11.3 Å². The van der Waals surface area contributed by atoms with Gasteiger partial charge in [0.1, 0.15) is 17.5 Å². The van der Waals surface area contributed by atoms with Crippen LogP contribution in [0, 0.1) is 5.41 Å². The van der Waals surface area contributed by atoms with E-state index in [1.807, 2.05) is 18.2 Å². The first-order chi connectivity index (χ1) is 12.9. The molecule has 0 radical (unpaired) electrons. The molecule has 0 aliphatic carbocycles. The van der Waals surface area contributed by atoms with Crippen molar-refractivity contribution in [1.29, 1.82) is 0 Å². The molecule has 2 saturated heterocycles. The molecule has 1 spiro atoms. The Morgan fingerprint density at radius 1 is 1.22 bits per heavy atom. The highest BCUT2D eigenvalue weighted by Gasteiger charge is 2.49. The normalized spacial score (nSPS) is 22.0. The smallest absolute Gasteiger partial charge is 0.326 e. The summed E-state index contributed by atoms with van der Waals surface area (Å²) in [5.41, 5.74) is 0.997. The molecule has 1 N–H and O–H groups in total. The van der Waals surface area contributed by atoms with Gasteiger partial charge in [-0.1, -0.05) is 0 Å². The van der Waals surface area contributed by atoms with E-state index in [0.29, 0.717) is 13.0 Å². The van der Waals surface area contributed by atoms with Gasteiger partial charge in [0.05, 0.1) is 14.2 Å². The first kappa shape index (κ1) is 19.5. The number of aliphatic carboxylic acids is 1. The van der Waals surface area contributed by atoms with Crippen LogP contribution in [0.2, 0.25) is 0 Å². The second-order valence-electron chi connectivity index (χ2n) is 7.66. The number of hydrogen-bond acceptors (Lipinski definition) is 5. The van der Waals surface area contributed by atoms with Crippen LogP contribution >= 0.6 is 0 Å². The number of carboxylic acids is 1. The molecule has 2 aliphatic rings. The number of hydrogen-bond donors (Lipinski definition) is 1. The molecule has 7 heteroatoms. The van der Waals surface area contributed by atoms with Gasteiger partial charge in [-0.2, -0.15) is 0 Å². The van der Waals surface area contributed by atoms with Gasteiger partial charge in [0.25, 0.3) is 0 Å². The highest BCUT2D eigenvalue weighted by Crippen LogP contribution is 2.44. The highest BCUT2D eigenvalue weighted by atomic mass is 16.5. The molecule has 1 aromatic rings. The van der Waals surface area contributed by atoms with Crippen LogP contribution < -0.4 is 9.47 Å². The molecule has 27 heavy (non-hydrogen) atoms. The average Bonchev–Trinajstić information content (AvgIpc) is 3.04. The maximum Gasteiger partial charge on any atom is 0.326 e. The van der Waals surface area contributed by atoms with Crippen molar-refractivity contribution in [3.8, 4) is 11.5 Å². The number of carbonyl (C=O) groups is 2. The molecular weight excluding hydrogens is 348 g/mol. The van der Waals surface area contributed by atoms with E-state index in [2.05, 4.69) is 4.90 Å². The van der Waals surface area contributed by atoms with E-state index in [1.165, 1.54) is 11.8 Å². The van der Waals surface area contributed by atoms with E-state index < -0.39 is 12.0 Å². The Labute approximate surface area is 159 Å². The Bertz CT molecular complexity index is 688. The predicted molar refractivity (Wildman–Crippen MR) is 99.9 cm³/mol. The molecule has 148 valence electrons. The fraction of sp³-hybridized carbons (Fsp3) is 0.600. The standard InChI is InChI=1S/C20H28N2O5/c1-14(23)22-13-20(11-17(22)19(24)25)6-8-21(9-7-20)12-15-10-16(26-2)4-5-18(15)27-3/h4-5,10,17H,6-9,11-13H2,1-3H3,(H,24,25). The molecule has 1 aromatic carbocycles. The minimum Gasteiger partial charge on any atom is -0.497 e. The van der Waals surface area contributed by atoms with Crippen molar-refractivity contribution in [2.45, 2.75) is 38.8 Å². The lowest BCUT2D eigenvalue weighted by Gasteiger charge is -2.39. The zero-order valence-electron chi connectivity index (χ0n) is 16.2. The van der Waals surface area contributed by atoms with Gasteiger partial charge in [-0.15, -0.1) is 0 Å². The van der Waals surface area contributed by atoms with E-state index in [1.54, 1.807) is 14.2 Å². The summed E-state index contributed by atoms with van der Waals surface area (Å²) >= 11 is 0. The number of likely N-dealkylation sites (tertiary alicyclic amines) is 2. The van der Waals surface area contributed by atoms with Crippen molar-refractivity contribution >= 4 is 11.9 Å². The average molecular weight is 376 g/mol. The number of methoxy groups -OCH3 is 2. The number of amides is 1. The summed E-state index contributed by atoms with van der Waals surface area (Å²) < 4.78 is 10.8. The van der Waals surface area contributed by atoms with Crippen LogP contribution in [-0.4, -0.2) is 66.7 Å². The molecule has 0 bridgehead atoms. The van der Waals surface area contributed by atoms with Crippen LogP contribution in [0.1, 0.15) is 31.7 Å². The summed E-state index contributed by atoms with van der Waals surface area (Å²) in [4.78, 5) is 27.3. The van der Waals surface area contributed by atoms with Gasteiger partial charge in [0, 0.05) is 25.6 Å². The first-order valence-corrected chi connectivity index (χ1v) is 9.31. The fourth-order valence-corrected chi connectivity index (χ4v) is 4.40. The van der Waals surface area contributed by atoms with Gasteiger partial charge in [-0.25, -0.2) is 4.79 Å². The van der Waals surface area contributed by atoms with Crippen LogP contribution in [0.4, 0.5) is 0 Å². The second-order valence-corrected chi connectivity index (χ2v) is 7.66. The van der Waals surface area contributed by atoms with Crippen LogP contribution in [-0.2, 0) is 16.1 Å². The Balaban J connectivity index is 1.66. The number of rotatable bonds is 5. The van der Waals surface area contributed by atoms with Crippen LogP contribution in [0.3, 0.4) is 0 Å². The molecule has 0 aromatic heterocycles. The van der Waals surface area contributed by atoms with Crippen molar-refractivity contribution in [2.75, 3.05) is 33.9 Å². The third-order valence-corrected chi connectivity index (χ3v) is 6.00. The van der Waals surface area contributed by atoms with Crippen molar-refractivity contribution in [3.63, 3.8) is 0 Å². The molecule has 2 aliphatic heterocycles. The quantitative estimate of drug-likeness (QED) is 0.847. The van der Waals surface area contributed by atoms with Gasteiger partial charge in [0.15, 0.2) is 0 Å². The maximum absolute atomic E-state index is 11.8. The molecule has 1 amide bonds. The molecule has 1 unspecified atom stereocenters.